The Kier molecular flexibility index (Phi) is 11.2. The van der Waals surface area contributed by atoms with Crippen LogP contribution in [0.3, 0.4) is 0 Å². The molecule has 0 amide bonds. The fourth-order valence-electron chi connectivity index (χ4n) is 10.3. The molecule has 5 aromatic carbocycles. The normalized spacial score (nSPS) is 12.7. The minimum absolute atomic E-state index is 0.795. The van der Waals surface area contributed by atoms with Crippen LogP contribution in [0, 0.1) is 0 Å². The second kappa shape index (κ2) is 18.7. The van der Waals surface area contributed by atoms with Gasteiger partial charge in [-0.1, -0.05) is 72.8 Å². The van der Waals surface area contributed by atoms with Crippen LogP contribution >= 0.6 is 0 Å². The lowest BCUT2D eigenvalue weighted by molar-refractivity contribution is -0.688. The van der Waals surface area contributed by atoms with Crippen LogP contribution < -0.4 is 27.4 Å². The average Bonchev–Trinajstić information content (AvgIpc) is 3.43. The highest BCUT2D eigenvalue weighted by atomic mass is 14.9. The SMILES string of the molecule is c1cc2ccc1C[n+]1ccc(cc1)-c1cc3cc(c1)-c1cc[n+](cc1)Cc1ccc(cc1)C[n+]1ccc(cc1)-c1cc(cc(c1)-c1cc[n+](cc1)Cc1ccc(cc1)C[n+]1ccc-3cc1)-c1cc[n+](cc1)C2. The molecule has 48 heterocycles. The molecule has 0 spiro atoms. The third-order valence-electron chi connectivity index (χ3n) is 14.5. The zero-order valence-electron chi connectivity index (χ0n) is 40.2. The molecule has 6 heteroatoms. The summed E-state index contributed by atoms with van der Waals surface area (Å²) in [6.45, 7) is 4.77. The standard InChI is InChI=1S/C66H54N6/c1-2-50-4-3-49(1)43-67-25-13-55(14-26-67)61-37-63-41-64(38-61)58-19-31-70(32-20-58)46-52-7-11-54(12-8-52)48-72-35-23-60(24-36-72)66-40-62(56-15-27-68(44-50)28-16-56)39-65(42-66)59-21-33-71(34-22-59)47-53-9-5-51(6-10-53)45-69-29-17-57(63)18-30-69/h1-42H,43-48H2/q+6. The maximum Gasteiger partial charge on any atom is 0.173 e. The van der Waals surface area contributed by atoms with Crippen LogP contribution in [0.15, 0.2) is 256 Å². The summed E-state index contributed by atoms with van der Waals surface area (Å²) >= 11 is 0. The van der Waals surface area contributed by atoms with E-state index in [1.54, 1.807) is 0 Å². The predicted octanol–water partition coefficient (Wildman–Crippen LogP) is 10.3. The maximum atomic E-state index is 2.34. The van der Waals surface area contributed by atoms with Crippen molar-refractivity contribution >= 4 is 0 Å². The van der Waals surface area contributed by atoms with Crippen LogP contribution in [0.5, 0.6) is 0 Å². The van der Waals surface area contributed by atoms with E-state index < -0.39 is 0 Å². The summed E-state index contributed by atoms with van der Waals surface area (Å²) in [5.41, 5.74) is 21.9. The lowest BCUT2D eigenvalue weighted by atomic mass is 9.94. The lowest BCUT2D eigenvalue weighted by Crippen LogP contribution is -2.34. The van der Waals surface area contributed by atoms with Gasteiger partial charge in [0.15, 0.2) is 114 Å². The molecule has 11 aromatic rings. The van der Waals surface area contributed by atoms with Crippen molar-refractivity contribution in [2.24, 2.45) is 0 Å². The fraction of sp³-hybridized carbons (Fsp3) is 0.0909. The Morgan fingerprint density at radius 3 is 0.403 bits per heavy atom. The smallest absolute Gasteiger partial charge is 0.173 e. The minimum Gasteiger partial charge on any atom is -0.201 e. The van der Waals surface area contributed by atoms with Gasteiger partial charge in [-0.25, -0.2) is 27.4 Å². The Labute approximate surface area is 421 Å². The summed E-state index contributed by atoms with van der Waals surface area (Å²) in [4.78, 5) is 0. The second-order valence-electron chi connectivity index (χ2n) is 19.6. The molecule has 24 bridgehead atoms. The van der Waals surface area contributed by atoms with Crippen LogP contribution in [0.2, 0.25) is 0 Å². The quantitative estimate of drug-likeness (QED) is 0.135. The zero-order valence-corrected chi connectivity index (χ0v) is 40.2. The number of aromatic nitrogens is 6. The molecule has 72 heavy (non-hydrogen) atoms. The molecule has 42 aliphatic rings. The summed E-state index contributed by atoms with van der Waals surface area (Å²) in [5.74, 6) is 0. The Hall–Kier alpha value is -9.00. The van der Waals surface area contributed by atoms with E-state index in [0.29, 0.717) is 0 Å². The summed E-state index contributed by atoms with van der Waals surface area (Å²) in [7, 11) is 0. The molecular weight excluding hydrogens is 877 g/mol. The van der Waals surface area contributed by atoms with Crippen LogP contribution in [0.25, 0.3) is 66.8 Å². The van der Waals surface area contributed by atoms with Gasteiger partial charge in [-0.15, -0.1) is 0 Å². The Bertz CT molecular complexity index is 3030. The number of hydrogen-bond acceptors (Lipinski definition) is 0. The number of nitrogens with zero attached hydrogens (tertiary/aromatic N) is 6. The molecule has 6 aromatic heterocycles. The number of hydrogen-bond donors (Lipinski definition) is 0. The molecule has 42 aliphatic heterocycles. The molecule has 0 N–H and O–H groups in total. The van der Waals surface area contributed by atoms with Gasteiger partial charge in [0.1, 0.15) is 0 Å². The number of rotatable bonds is 0. The largest absolute Gasteiger partial charge is 0.201 e. The lowest BCUT2D eigenvalue weighted by Gasteiger charge is -2.11. The van der Waals surface area contributed by atoms with Gasteiger partial charge in [0.25, 0.3) is 0 Å². The first-order valence-corrected chi connectivity index (χ1v) is 25.0. The highest BCUT2D eigenvalue weighted by Gasteiger charge is 2.17. The number of pyridine rings is 6. The molecular formula is C66H54N6+6. The van der Waals surface area contributed by atoms with Crippen molar-refractivity contribution in [1.29, 1.82) is 0 Å². The third-order valence-corrected chi connectivity index (χ3v) is 14.5. The number of benzene rings is 5. The molecule has 53 rings (SSSR count). The molecule has 0 saturated carbocycles. The van der Waals surface area contributed by atoms with E-state index in [4.69, 9.17) is 0 Å². The molecule has 0 radical (unpaired) electrons. The molecule has 0 fully saturated rings. The maximum absolute atomic E-state index is 2.34. The molecule has 0 atom stereocenters. The summed E-state index contributed by atoms with van der Waals surface area (Å²) in [6.07, 6.45) is 26.5. The first-order chi connectivity index (χ1) is 35.5. The zero-order chi connectivity index (χ0) is 47.8. The Balaban J connectivity index is 0.940. The highest BCUT2D eigenvalue weighted by Crippen LogP contribution is 2.34. The van der Waals surface area contributed by atoms with E-state index in [1.165, 1.54) is 100 Å². The van der Waals surface area contributed by atoms with Crippen molar-refractivity contribution in [3.63, 3.8) is 0 Å². The molecule has 6 nitrogen and oxygen atoms in total. The summed E-state index contributed by atoms with van der Waals surface area (Å²) in [6, 6.07) is 68.2. The molecule has 0 saturated heterocycles. The van der Waals surface area contributed by atoms with Gasteiger partial charge in [-0.05, 0) is 103 Å². The Morgan fingerprint density at radius 1 is 0.153 bits per heavy atom. The minimum atomic E-state index is 0.795. The van der Waals surface area contributed by atoms with Crippen molar-refractivity contribution < 1.29 is 27.4 Å². The van der Waals surface area contributed by atoms with E-state index in [0.717, 1.165) is 39.3 Å². The van der Waals surface area contributed by atoms with E-state index in [-0.39, 0.29) is 0 Å². The van der Waals surface area contributed by atoms with Gasteiger partial charge < -0.3 is 0 Å². The van der Waals surface area contributed by atoms with Crippen molar-refractivity contribution in [3.05, 3.63) is 290 Å². The molecule has 342 valence electrons. The first kappa shape index (κ1) is 43.1. The molecule has 0 unspecified atom stereocenters. The summed E-state index contributed by atoms with van der Waals surface area (Å²) in [5, 5.41) is 0. The van der Waals surface area contributed by atoms with Crippen LogP contribution in [0.1, 0.15) is 33.4 Å². The highest BCUT2D eigenvalue weighted by molar-refractivity contribution is 5.82. The van der Waals surface area contributed by atoms with Crippen molar-refractivity contribution in [1.82, 2.24) is 0 Å². The molecule has 0 aliphatic carbocycles. The first-order valence-electron chi connectivity index (χ1n) is 25.0. The topological polar surface area (TPSA) is 23.3 Å². The van der Waals surface area contributed by atoms with Gasteiger partial charge in [0.2, 0.25) is 0 Å². The monoisotopic (exact) mass is 930 g/mol. The van der Waals surface area contributed by atoms with Crippen molar-refractivity contribution in [2.45, 2.75) is 39.3 Å². The Morgan fingerprint density at radius 2 is 0.278 bits per heavy atom. The van der Waals surface area contributed by atoms with Crippen molar-refractivity contribution in [2.75, 3.05) is 0 Å². The van der Waals surface area contributed by atoms with E-state index in [2.05, 4.69) is 284 Å². The predicted molar refractivity (Wildman–Crippen MR) is 281 cm³/mol. The van der Waals surface area contributed by atoms with Gasteiger partial charge in [-0.2, -0.15) is 0 Å². The van der Waals surface area contributed by atoms with E-state index in [1.807, 2.05) is 0 Å². The van der Waals surface area contributed by atoms with Gasteiger partial charge in [0, 0.05) is 106 Å². The van der Waals surface area contributed by atoms with Gasteiger partial charge >= 0.3 is 0 Å². The van der Waals surface area contributed by atoms with Gasteiger partial charge in [-0.3, -0.25) is 0 Å². The summed E-state index contributed by atoms with van der Waals surface area (Å²) < 4.78 is 13.6. The van der Waals surface area contributed by atoms with Crippen LogP contribution in [0.4, 0.5) is 0 Å². The van der Waals surface area contributed by atoms with Crippen LogP contribution in [-0.2, 0) is 39.3 Å². The van der Waals surface area contributed by atoms with E-state index >= 15 is 0 Å². The average molecular weight is 931 g/mol. The second-order valence-corrected chi connectivity index (χ2v) is 19.6. The van der Waals surface area contributed by atoms with Gasteiger partial charge in [0.05, 0.1) is 0 Å². The van der Waals surface area contributed by atoms with E-state index in [9.17, 15) is 0 Å². The van der Waals surface area contributed by atoms with Crippen molar-refractivity contribution in [3.8, 4) is 66.8 Å². The fourth-order valence-corrected chi connectivity index (χ4v) is 10.3. The van der Waals surface area contributed by atoms with Crippen LogP contribution in [-0.4, -0.2) is 0 Å². The third kappa shape index (κ3) is 9.38.